The Kier molecular flexibility index (Phi) is 3.14. The lowest BCUT2D eigenvalue weighted by Crippen LogP contribution is -1.83. The molecule has 1 heterocycles. The minimum atomic E-state index is 1.01. The first-order valence-electron chi connectivity index (χ1n) is 4.45. The van der Waals surface area contributed by atoms with Gasteiger partial charge < -0.3 is 0 Å². The predicted molar refractivity (Wildman–Crippen MR) is 67.4 cm³/mol. The molecule has 1 aromatic carbocycles. The van der Waals surface area contributed by atoms with E-state index in [-0.39, 0.29) is 0 Å². The number of benzene rings is 1. The number of pyridine rings is 1. The largest absolute Gasteiger partial charge is 0.264 e. The molecule has 2 aromatic rings. The van der Waals surface area contributed by atoms with Crippen LogP contribution >= 0.6 is 22.6 Å². The lowest BCUT2D eigenvalue weighted by Gasteiger charge is -2.02. The lowest BCUT2D eigenvalue weighted by atomic mass is 10.1. The van der Waals surface area contributed by atoms with Gasteiger partial charge in [-0.25, -0.2) is 0 Å². The number of aromatic nitrogens is 1. The predicted octanol–water partition coefficient (Wildman–Crippen LogP) is 3.68. The van der Waals surface area contributed by atoms with Crippen LogP contribution in [0.5, 0.6) is 0 Å². The van der Waals surface area contributed by atoms with Gasteiger partial charge in [0, 0.05) is 22.4 Å². The molecule has 0 spiro atoms. The van der Waals surface area contributed by atoms with Crippen LogP contribution in [0.1, 0.15) is 5.56 Å². The molecule has 1 nitrogen and oxygen atoms in total. The molecule has 0 amide bonds. The zero-order valence-corrected chi connectivity index (χ0v) is 9.81. The molecule has 0 N–H and O–H groups in total. The zero-order valence-electron chi connectivity index (χ0n) is 7.65. The third kappa shape index (κ3) is 2.12. The van der Waals surface area contributed by atoms with Crippen molar-refractivity contribution in [3.63, 3.8) is 0 Å². The van der Waals surface area contributed by atoms with Gasteiger partial charge in [0.2, 0.25) is 0 Å². The average Bonchev–Trinajstić information content (AvgIpc) is 2.30. The Hall–Kier alpha value is -0.900. The summed E-state index contributed by atoms with van der Waals surface area (Å²) >= 11 is 2.35. The molecule has 0 aliphatic rings. The maximum Gasteiger partial charge on any atom is 0.0346 e. The van der Waals surface area contributed by atoms with Crippen molar-refractivity contribution in [2.24, 2.45) is 0 Å². The summed E-state index contributed by atoms with van der Waals surface area (Å²) in [5.74, 6) is 0. The Morgan fingerprint density at radius 1 is 1.00 bits per heavy atom. The van der Waals surface area contributed by atoms with Crippen molar-refractivity contribution < 1.29 is 0 Å². The van der Waals surface area contributed by atoms with Crippen LogP contribution in [0.2, 0.25) is 0 Å². The second-order valence-corrected chi connectivity index (χ2v) is 3.84. The lowest BCUT2D eigenvalue weighted by molar-refractivity contribution is 1.26. The van der Waals surface area contributed by atoms with E-state index >= 15 is 0 Å². The van der Waals surface area contributed by atoms with Gasteiger partial charge in [-0.1, -0.05) is 52.9 Å². The number of halogens is 1. The molecular formula is C12H10IN. The normalized spacial score (nSPS) is 10.1. The quantitative estimate of drug-likeness (QED) is 0.608. The van der Waals surface area contributed by atoms with Crippen molar-refractivity contribution in [1.29, 1.82) is 0 Å². The molecule has 70 valence electrons. The summed E-state index contributed by atoms with van der Waals surface area (Å²) < 4.78 is 1.01. The first-order valence-corrected chi connectivity index (χ1v) is 5.98. The van der Waals surface area contributed by atoms with Crippen LogP contribution in [0.3, 0.4) is 0 Å². The molecule has 0 atom stereocenters. The molecule has 0 aliphatic heterocycles. The van der Waals surface area contributed by atoms with Crippen LogP contribution in [0.25, 0.3) is 11.1 Å². The number of hydrogen-bond donors (Lipinski definition) is 0. The van der Waals surface area contributed by atoms with E-state index in [4.69, 9.17) is 0 Å². The van der Waals surface area contributed by atoms with Gasteiger partial charge in [0.15, 0.2) is 0 Å². The fourth-order valence-electron chi connectivity index (χ4n) is 1.35. The van der Waals surface area contributed by atoms with Crippen LogP contribution in [0, 0.1) is 0 Å². The van der Waals surface area contributed by atoms with E-state index in [0.29, 0.717) is 0 Å². The Balaban J connectivity index is 2.42. The van der Waals surface area contributed by atoms with Gasteiger partial charge in [-0.2, -0.15) is 0 Å². The van der Waals surface area contributed by atoms with E-state index < -0.39 is 0 Å². The van der Waals surface area contributed by atoms with Crippen LogP contribution in [0.15, 0.2) is 48.8 Å². The van der Waals surface area contributed by atoms with Crippen LogP contribution in [-0.2, 0) is 4.43 Å². The summed E-state index contributed by atoms with van der Waals surface area (Å²) in [4.78, 5) is 4.23. The summed E-state index contributed by atoms with van der Waals surface area (Å²) in [6.45, 7) is 0. The van der Waals surface area contributed by atoms with Crippen LogP contribution in [-0.4, -0.2) is 4.98 Å². The fourth-order valence-corrected chi connectivity index (χ4v) is 1.77. The third-order valence-corrected chi connectivity index (χ3v) is 2.94. The number of hydrogen-bond acceptors (Lipinski definition) is 1. The minimum Gasteiger partial charge on any atom is -0.264 e. The SMILES string of the molecule is ICc1cncc(-c2ccccc2)c1. The van der Waals surface area contributed by atoms with Crippen molar-refractivity contribution in [3.05, 3.63) is 54.4 Å². The van der Waals surface area contributed by atoms with Gasteiger partial charge in [-0.15, -0.1) is 0 Å². The Morgan fingerprint density at radius 2 is 1.79 bits per heavy atom. The molecule has 1 aromatic heterocycles. The van der Waals surface area contributed by atoms with E-state index in [2.05, 4.69) is 45.8 Å². The molecule has 2 heteroatoms. The summed E-state index contributed by atoms with van der Waals surface area (Å²) in [7, 11) is 0. The Bertz CT molecular complexity index is 412. The van der Waals surface area contributed by atoms with E-state index in [0.717, 1.165) is 4.43 Å². The maximum atomic E-state index is 4.23. The molecule has 0 saturated heterocycles. The monoisotopic (exact) mass is 295 g/mol. The van der Waals surface area contributed by atoms with E-state index in [9.17, 15) is 0 Å². The first kappa shape index (κ1) is 9.65. The third-order valence-electron chi connectivity index (χ3n) is 2.06. The van der Waals surface area contributed by atoms with Gasteiger partial charge in [-0.3, -0.25) is 4.98 Å². The molecule has 2 rings (SSSR count). The van der Waals surface area contributed by atoms with Crippen molar-refractivity contribution in [1.82, 2.24) is 4.98 Å². The highest BCUT2D eigenvalue weighted by Gasteiger charge is 1.97. The number of alkyl halides is 1. The smallest absolute Gasteiger partial charge is 0.0346 e. The minimum absolute atomic E-state index is 1.01. The van der Waals surface area contributed by atoms with E-state index in [1.807, 2.05) is 30.6 Å². The molecule has 0 bridgehead atoms. The van der Waals surface area contributed by atoms with Gasteiger partial charge in [0.25, 0.3) is 0 Å². The van der Waals surface area contributed by atoms with Crippen molar-refractivity contribution in [2.45, 2.75) is 4.43 Å². The van der Waals surface area contributed by atoms with Gasteiger partial charge in [0.05, 0.1) is 0 Å². The molecule has 0 aliphatic carbocycles. The highest BCUT2D eigenvalue weighted by atomic mass is 127. The van der Waals surface area contributed by atoms with Crippen molar-refractivity contribution >= 4 is 22.6 Å². The number of nitrogens with zero attached hydrogens (tertiary/aromatic N) is 1. The summed E-state index contributed by atoms with van der Waals surface area (Å²) in [6, 6.07) is 12.5. The highest BCUT2D eigenvalue weighted by Crippen LogP contribution is 2.19. The summed E-state index contributed by atoms with van der Waals surface area (Å²) in [5, 5.41) is 0. The number of rotatable bonds is 2. The Labute approximate surface area is 97.3 Å². The highest BCUT2D eigenvalue weighted by molar-refractivity contribution is 14.1. The fraction of sp³-hybridized carbons (Fsp3) is 0.0833. The standard InChI is InChI=1S/C12H10IN/c13-7-10-6-12(9-14-8-10)11-4-2-1-3-5-11/h1-6,8-9H,7H2. The second-order valence-electron chi connectivity index (χ2n) is 3.08. The topological polar surface area (TPSA) is 12.9 Å². The van der Waals surface area contributed by atoms with Gasteiger partial charge in [-0.05, 0) is 17.2 Å². The molecule has 0 fully saturated rings. The van der Waals surface area contributed by atoms with E-state index in [1.165, 1.54) is 16.7 Å². The summed E-state index contributed by atoms with van der Waals surface area (Å²) in [6.07, 6.45) is 3.82. The second kappa shape index (κ2) is 4.55. The van der Waals surface area contributed by atoms with E-state index in [1.54, 1.807) is 0 Å². The maximum absolute atomic E-state index is 4.23. The molecule has 0 radical (unpaired) electrons. The van der Waals surface area contributed by atoms with Crippen LogP contribution < -0.4 is 0 Å². The molecule has 14 heavy (non-hydrogen) atoms. The zero-order chi connectivity index (χ0) is 9.80. The molecule has 0 unspecified atom stereocenters. The summed E-state index contributed by atoms with van der Waals surface area (Å²) in [5.41, 5.74) is 3.69. The van der Waals surface area contributed by atoms with Gasteiger partial charge >= 0.3 is 0 Å². The van der Waals surface area contributed by atoms with Crippen LogP contribution in [0.4, 0.5) is 0 Å². The molecule has 0 saturated carbocycles. The first-order chi connectivity index (χ1) is 6.90. The average molecular weight is 295 g/mol. The van der Waals surface area contributed by atoms with Crippen molar-refractivity contribution in [2.75, 3.05) is 0 Å². The van der Waals surface area contributed by atoms with Crippen molar-refractivity contribution in [3.8, 4) is 11.1 Å². The molecular weight excluding hydrogens is 285 g/mol. The van der Waals surface area contributed by atoms with Gasteiger partial charge in [0.1, 0.15) is 0 Å². The Morgan fingerprint density at radius 3 is 2.50 bits per heavy atom.